The zero-order valence-electron chi connectivity index (χ0n) is 20.1. The van der Waals surface area contributed by atoms with Crippen LogP contribution in [0.2, 0.25) is 0 Å². The third-order valence-corrected chi connectivity index (χ3v) is 6.64. The number of hydrogen-bond donors (Lipinski definition) is 2. The van der Waals surface area contributed by atoms with Crippen LogP contribution in [0, 0.1) is 18.3 Å². The number of anilines is 1. The molecule has 10 heteroatoms. The lowest BCUT2D eigenvalue weighted by Gasteiger charge is -2.26. The molecule has 0 aliphatic carbocycles. The van der Waals surface area contributed by atoms with E-state index in [1.165, 1.54) is 10.6 Å². The number of nitriles is 1. The molecule has 1 aromatic carbocycles. The standard InChI is InChI=1S/C25H31N5O4S/c1-4-8-27-23(31)20(16-26)25-30(5-2)24(32)22(35-25)17-28-19-7-6-18(3)21(15-19)34-14-11-29-9-12-33-13-10-29/h4,6-7,15,17,28H,1,5,8-14H2,2-3H3,(H,27,31)/b22-17+,25-20-. The molecule has 0 spiro atoms. The summed E-state index contributed by atoms with van der Waals surface area (Å²) in [5.74, 6) is 0.237. The summed E-state index contributed by atoms with van der Waals surface area (Å²) >= 11 is 1.10. The minimum atomic E-state index is -0.534. The maximum absolute atomic E-state index is 12.9. The van der Waals surface area contributed by atoms with Gasteiger partial charge < -0.3 is 20.1 Å². The van der Waals surface area contributed by atoms with E-state index in [0.717, 1.165) is 61.2 Å². The molecular weight excluding hydrogens is 466 g/mol. The van der Waals surface area contributed by atoms with Crippen molar-refractivity contribution >= 4 is 34.7 Å². The third kappa shape index (κ3) is 6.82. The molecule has 0 saturated carbocycles. The highest BCUT2D eigenvalue weighted by atomic mass is 32.1. The zero-order chi connectivity index (χ0) is 25.2. The molecule has 9 nitrogen and oxygen atoms in total. The van der Waals surface area contributed by atoms with Crippen LogP contribution in [0.15, 0.2) is 35.6 Å². The molecule has 1 aromatic heterocycles. The fraction of sp³-hybridized carbons (Fsp3) is 0.400. The number of rotatable bonds is 10. The highest BCUT2D eigenvalue weighted by Gasteiger charge is 2.15. The van der Waals surface area contributed by atoms with Crippen LogP contribution in [-0.2, 0) is 16.1 Å². The minimum Gasteiger partial charge on any atom is -0.492 e. The summed E-state index contributed by atoms with van der Waals surface area (Å²) in [4.78, 5) is 27.6. The van der Waals surface area contributed by atoms with E-state index in [4.69, 9.17) is 9.47 Å². The number of carbonyl (C=O) groups is 1. The number of carbonyl (C=O) groups excluding carboxylic acids is 1. The Labute approximate surface area is 208 Å². The summed E-state index contributed by atoms with van der Waals surface area (Å²) in [5.41, 5.74) is 1.42. The molecule has 3 rings (SSSR count). The molecule has 0 atom stereocenters. The summed E-state index contributed by atoms with van der Waals surface area (Å²) in [6.07, 6.45) is 3.13. The smallest absolute Gasteiger partial charge is 0.270 e. The molecule has 1 aliphatic rings. The van der Waals surface area contributed by atoms with Crippen LogP contribution in [-0.4, -0.2) is 61.4 Å². The van der Waals surface area contributed by atoms with Crippen LogP contribution in [0.3, 0.4) is 0 Å². The van der Waals surface area contributed by atoms with Gasteiger partial charge >= 0.3 is 0 Å². The second-order valence-corrected chi connectivity index (χ2v) is 8.91. The topological polar surface area (TPSA) is 109 Å². The number of nitrogens with zero attached hydrogens (tertiary/aromatic N) is 3. The molecule has 0 unspecified atom stereocenters. The molecular formula is C25H31N5O4S. The van der Waals surface area contributed by atoms with Crippen molar-refractivity contribution in [3.63, 3.8) is 0 Å². The SMILES string of the molecule is C=CCNC(=O)/C(C#N)=c1\s/c(=C/Nc2ccc(C)c(OCCN3CCOCC3)c2)c(=O)n1CC. The van der Waals surface area contributed by atoms with Gasteiger partial charge in [-0.3, -0.25) is 19.1 Å². The molecule has 0 radical (unpaired) electrons. The van der Waals surface area contributed by atoms with E-state index in [1.54, 1.807) is 13.1 Å². The van der Waals surface area contributed by atoms with Gasteiger partial charge in [-0.2, -0.15) is 5.26 Å². The van der Waals surface area contributed by atoms with Crippen molar-refractivity contribution in [3.05, 3.63) is 56.0 Å². The maximum Gasteiger partial charge on any atom is 0.270 e. The van der Waals surface area contributed by atoms with E-state index < -0.39 is 5.91 Å². The predicted molar refractivity (Wildman–Crippen MR) is 138 cm³/mol. The first-order valence-electron chi connectivity index (χ1n) is 11.5. The predicted octanol–water partition coefficient (Wildman–Crippen LogP) is 0.776. The highest BCUT2D eigenvalue weighted by Crippen LogP contribution is 2.22. The molecule has 0 bridgehead atoms. The van der Waals surface area contributed by atoms with Crippen molar-refractivity contribution < 1.29 is 14.3 Å². The van der Waals surface area contributed by atoms with E-state index >= 15 is 0 Å². The first-order chi connectivity index (χ1) is 17.0. The quantitative estimate of drug-likeness (QED) is 0.467. The Hall–Kier alpha value is -3.39. The van der Waals surface area contributed by atoms with E-state index in [-0.39, 0.29) is 17.7 Å². The van der Waals surface area contributed by atoms with Gasteiger partial charge in [0, 0.05) is 50.7 Å². The number of hydrogen-bond acceptors (Lipinski definition) is 8. The molecule has 1 amide bonds. The summed E-state index contributed by atoms with van der Waals surface area (Å²) in [6, 6.07) is 7.69. The lowest BCUT2D eigenvalue weighted by Crippen LogP contribution is -2.38. The Bertz CT molecular complexity index is 1270. The first-order valence-corrected chi connectivity index (χ1v) is 12.3. The summed E-state index contributed by atoms with van der Waals surface area (Å²) < 4.78 is 13.5. The van der Waals surface area contributed by atoms with Crippen LogP contribution in [0.4, 0.5) is 5.69 Å². The molecule has 1 fully saturated rings. The maximum atomic E-state index is 12.9. The number of nitrogens with one attached hydrogen (secondary N) is 2. The van der Waals surface area contributed by atoms with Crippen molar-refractivity contribution in [1.29, 1.82) is 5.26 Å². The van der Waals surface area contributed by atoms with E-state index in [9.17, 15) is 14.9 Å². The summed E-state index contributed by atoms with van der Waals surface area (Å²) in [7, 11) is 0. The van der Waals surface area contributed by atoms with Crippen molar-refractivity contribution in [2.45, 2.75) is 20.4 Å². The van der Waals surface area contributed by atoms with Crippen LogP contribution < -0.4 is 30.1 Å². The van der Waals surface area contributed by atoms with Crippen LogP contribution in [0.5, 0.6) is 5.75 Å². The number of aromatic nitrogens is 1. The summed E-state index contributed by atoms with van der Waals surface area (Å²) in [5, 5.41) is 15.3. The lowest BCUT2D eigenvalue weighted by atomic mass is 10.2. The van der Waals surface area contributed by atoms with Crippen molar-refractivity contribution in [2.24, 2.45) is 0 Å². The van der Waals surface area contributed by atoms with Gasteiger partial charge in [-0.15, -0.1) is 17.9 Å². The second-order valence-electron chi connectivity index (χ2n) is 7.88. The van der Waals surface area contributed by atoms with Gasteiger partial charge in [-0.1, -0.05) is 12.1 Å². The molecule has 186 valence electrons. The summed E-state index contributed by atoms with van der Waals surface area (Å²) in [6.45, 7) is 12.7. The largest absolute Gasteiger partial charge is 0.492 e. The normalized spacial score (nSPS) is 15.3. The average molecular weight is 498 g/mol. The Morgan fingerprint density at radius 3 is 2.83 bits per heavy atom. The fourth-order valence-electron chi connectivity index (χ4n) is 3.55. The molecule has 1 aliphatic heterocycles. The van der Waals surface area contributed by atoms with Gasteiger partial charge in [0.15, 0.2) is 5.57 Å². The first kappa shape index (κ1) is 26.2. The van der Waals surface area contributed by atoms with Gasteiger partial charge in [-0.05, 0) is 25.5 Å². The lowest BCUT2D eigenvalue weighted by molar-refractivity contribution is -0.115. The minimum absolute atomic E-state index is 0.0956. The van der Waals surface area contributed by atoms with Gasteiger partial charge in [-0.25, -0.2) is 0 Å². The highest BCUT2D eigenvalue weighted by molar-refractivity contribution is 7.07. The fourth-order valence-corrected chi connectivity index (χ4v) is 4.63. The van der Waals surface area contributed by atoms with Crippen molar-refractivity contribution in [1.82, 2.24) is 14.8 Å². The molecule has 1 saturated heterocycles. The number of aryl methyl sites for hydroxylation is 1. The van der Waals surface area contributed by atoms with Crippen molar-refractivity contribution in [2.75, 3.05) is 51.3 Å². The number of ether oxygens (including phenoxy) is 2. The monoisotopic (exact) mass is 497 g/mol. The van der Waals surface area contributed by atoms with Crippen molar-refractivity contribution in [3.8, 4) is 11.8 Å². The average Bonchev–Trinajstić information content (AvgIpc) is 3.18. The van der Waals surface area contributed by atoms with Crippen LogP contribution in [0.25, 0.3) is 11.8 Å². The Balaban J connectivity index is 1.80. The number of thiazole rings is 1. The Kier molecular flexibility index (Phi) is 9.66. The van der Waals surface area contributed by atoms with Gasteiger partial charge in [0.05, 0.1) is 13.2 Å². The molecule has 2 aromatic rings. The van der Waals surface area contributed by atoms with Crippen LogP contribution >= 0.6 is 11.3 Å². The molecule has 2 N–H and O–H groups in total. The van der Waals surface area contributed by atoms with E-state index in [2.05, 4.69) is 22.1 Å². The zero-order valence-corrected chi connectivity index (χ0v) is 21.0. The molecule has 35 heavy (non-hydrogen) atoms. The van der Waals surface area contributed by atoms with E-state index in [0.29, 0.717) is 22.3 Å². The number of benzene rings is 1. The van der Waals surface area contributed by atoms with Crippen LogP contribution in [0.1, 0.15) is 12.5 Å². The Morgan fingerprint density at radius 1 is 1.37 bits per heavy atom. The van der Waals surface area contributed by atoms with Gasteiger partial charge in [0.2, 0.25) is 0 Å². The molecule has 2 heterocycles. The Morgan fingerprint density at radius 2 is 2.14 bits per heavy atom. The van der Waals surface area contributed by atoms with Gasteiger partial charge in [0.1, 0.15) is 27.6 Å². The number of amides is 1. The van der Waals surface area contributed by atoms with E-state index in [1.807, 2.05) is 31.2 Å². The second kappa shape index (κ2) is 12.9. The van der Waals surface area contributed by atoms with Gasteiger partial charge in [0.25, 0.3) is 11.5 Å². The number of morpholine rings is 1. The third-order valence-electron chi connectivity index (χ3n) is 5.51.